The summed E-state index contributed by atoms with van der Waals surface area (Å²) >= 11 is 0. The first kappa shape index (κ1) is 16.2. The molecule has 0 aliphatic heterocycles. The predicted octanol–water partition coefficient (Wildman–Crippen LogP) is 1.33. The van der Waals surface area contributed by atoms with E-state index in [0.717, 1.165) is 6.42 Å². The van der Waals surface area contributed by atoms with Crippen LogP contribution in [0.15, 0.2) is 22.8 Å². The van der Waals surface area contributed by atoms with Crippen molar-refractivity contribution in [1.29, 1.82) is 0 Å². The van der Waals surface area contributed by atoms with Crippen LogP contribution in [-0.2, 0) is 9.53 Å². The second kappa shape index (κ2) is 9.14. The van der Waals surface area contributed by atoms with Gasteiger partial charge in [0.15, 0.2) is 5.76 Å². The fraction of sp³-hybridized carbons (Fsp3) is 0.571. The number of amides is 2. The van der Waals surface area contributed by atoms with Gasteiger partial charge in [0.1, 0.15) is 0 Å². The number of rotatable bonds is 9. The Kier molecular flexibility index (Phi) is 7.42. The molecule has 1 heterocycles. The fourth-order valence-electron chi connectivity index (χ4n) is 1.49. The number of ether oxygens (including phenoxy) is 1. The number of carbonyl (C=O) groups excluding carboxylic acids is 2. The molecule has 20 heavy (non-hydrogen) atoms. The molecular weight excluding hydrogens is 260 g/mol. The van der Waals surface area contributed by atoms with Crippen molar-refractivity contribution in [3.63, 3.8) is 0 Å². The van der Waals surface area contributed by atoms with Gasteiger partial charge in [0.05, 0.1) is 12.4 Å². The Hall–Kier alpha value is -1.82. The van der Waals surface area contributed by atoms with E-state index in [4.69, 9.17) is 9.15 Å². The third-order valence-electron chi connectivity index (χ3n) is 2.48. The minimum Gasteiger partial charge on any atom is -0.459 e. The zero-order chi connectivity index (χ0) is 14.8. The van der Waals surface area contributed by atoms with E-state index in [2.05, 4.69) is 10.6 Å². The molecule has 2 amide bonds. The molecule has 0 saturated carbocycles. The van der Waals surface area contributed by atoms with Gasteiger partial charge in [0, 0.05) is 26.1 Å². The van der Waals surface area contributed by atoms with Gasteiger partial charge in [-0.05, 0) is 32.4 Å². The van der Waals surface area contributed by atoms with Gasteiger partial charge in [0.25, 0.3) is 5.91 Å². The SMILES string of the molecule is CC(C)OCCCNC(=O)CCNC(=O)c1ccco1. The Morgan fingerprint density at radius 2 is 2.10 bits per heavy atom. The first-order chi connectivity index (χ1) is 9.59. The Labute approximate surface area is 118 Å². The molecule has 6 nitrogen and oxygen atoms in total. The van der Waals surface area contributed by atoms with E-state index in [1.165, 1.54) is 6.26 Å². The van der Waals surface area contributed by atoms with Gasteiger partial charge in [-0.2, -0.15) is 0 Å². The molecule has 112 valence electrons. The van der Waals surface area contributed by atoms with Crippen LogP contribution in [0.5, 0.6) is 0 Å². The van der Waals surface area contributed by atoms with Gasteiger partial charge >= 0.3 is 0 Å². The average molecular weight is 282 g/mol. The second-order valence-electron chi connectivity index (χ2n) is 4.61. The number of carbonyl (C=O) groups is 2. The molecule has 2 N–H and O–H groups in total. The highest BCUT2D eigenvalue weighted by Crippen LogP contribution is 1.98. The highest BCUT2D eigenvalue weighted by molar-refractivity contribution is 5.91. The van der Waals surface area contributed by atoms with E-state index in [1.54, 1.807) is 12.1 Å². The molecule has 1 rings (SSSR count). The minimum atomic E-state index is -0.312. The molecule has 0 radical (unpaired) electrons. The number of hydrogen-bond donors (Lipinski definition) is 2. The van der Waals surface area contributed by atoms with E-state index >= 15 is 0 Å². The quantitative estimate of drug-likeness (QED) is 0.670. The summed E-state index contributed by atoms with van der Waals surface area (Å²) in [6.07, 6.45) is 2.67. The van der Waals surface area contributed by atoms with Crippen molar-refractivity contribution in [1.82, 2.24) is 10.6 Å². The maximum absolute atomic E-state index is 11.5. The first-order valence-electron chi connectivity index (χ1n) is 6.79. The van der Waals surface area contributed by atoms with Gasteiger partial charge in [-0.1, -0.05) is 0 Å². The summed E-state index contributed by atoms with van der Waals surface area (Å²) in [5.41, 5.74) is 0. The van der Waals surface area contributed by atoms with Crippen LogP contribution >= 0.6 is 0 Å². The van der Waals surface area contributed by atoms with E-state index in [-0.39, 0.29) is 36.6 Å². The lowest BCUT2D eigenvalue weighted by atomic mass is 10.3. The Balaban J connectivity index is 2.01. The molecule has 0 aromatic carbocycles. The molecule has 0 bridgehead atoms. The summed E-state index contributed by atoms with van der Waals surface area (Å²) in [5, 5.41) is 5.39. The average Bonchev–Trinajstić information content (AvgIpc) is 2.91. The smallest absolute Gasteiger partial charge is 0.286 e. The van der Waals surface area contributed by atoms with Crippen LogP contribution in [0.3, 0.4) is 0 Å². The summed E-state index contributed by atoms with van der Waals surface area (Å²) in [5.74, 6) is -0.154. The Morgan fingerprint density at radius 1 is 1.30 bits per heavy atom. The third-order valence-corrected chi connectivity index (χ3v) is 2.48. The number of hydrogen-bond acceptors (Lipinski definition) is 4. The number of furan rings is 1. The highest BCUT2D eigenvalue weighted by atomic mass is 16.5. The van der Waals surface area contributed by atoms with E-state index < -0.39 is 0 Å². The monoisotopic (exact) mass is 282 g/mol. The van der Waals surface area contributed by atoms with Crippen molar-refractivity contribution >= 4 is 11.8 Å². The van der Waals surface area contributed by atoms with Gasteiger partial charge < -0.3 is 19.8 Å². The number of nitrogens with one attached hydrogen (secondary N) is 2. The lowest BCUT2D eigenvalue weighted by molar-refractivity contribution is -0.121. The summed E-state index contributed by atoms with van der Waals surface area (Å²) in [7, 11) is 0. The van der Waals surface area contributed by atoms with Gasteiger partial charge in [-0.15, -0.1) is 0 Å². The van der Waals surface area contributed by atoms with Crippen LogP contribution < -0.4 is 10.6 Å². The summed E-state index contributed by atoms with van der Waals surface area (Å²) in [6.45, 7) is 5.44. The van der Waals surface area contributed by atoms with Crippen LogP contribution in [0.2, 0.25) is 0 Å². The van der Waals surface area contributed by atoms with E-state index in [9.17, 15) is 9.59 Å². The molecule has 1 aromatic heterocycles. The van der Waals surface area contributed by atoms with Crippen LogP contribution in [0.4, 0.5) is 0 Å². The van der Waals surface area contributed by atoms with Crippen LogP contribution in [0.25, 0.3) is 0 Å². The van der Waals surface area contributed by atoms with Crippen molar-refractivity contribution in [2.24, 2.45) is 0 Å². The molecule has 6 heteroatoms. The maximum Gasteiger partial charge on any atom is 0.286 e. The van der Waals surface area contributed by atoms with Crippen molar-refractivity contribution in [2.45, 2.75) is 32.8 Å². The molecule has 0 spiro atoms. The molecular formula is C14H22N2O4. The van der Waals surface area contributed by atoms with Crippen molar-refractivity contribution in [3.05, 3.63) is 24.2 Å². The van der Waals surface area contributed by atoms with Crippen LogP contribution in [0, 0.1) is 0 Å². The summed E-state index contributed by atoms with van der Waals surface area (Å²) < 4.78 is 10.3. The van der Waals surface area contributed by atoms with E-state index in [0.29, 0.717) is 13.2 Å². The van der Waals surface area contributed by atoms with Gasteiger partial charge in [0.2, 0.25) is 5.91 Å². The maximum atomic E-state index is 11.5. The molecule has 0 atom stereocenters. The van der Waals surface area contributed by atoms with E-state index in [1.807, 2.05) is 13.8 Å². The highest BCUT2D eigenvalue weighted by Gasteiger charge is 2.08. The standard InChI is InChI=1S/C14H22N2O4/c1-11(2)19-10-4-7-15-13(17)6-8-16-14(18)12-5-3-9-20-12/h3,5,9,11H,4,6-8,10H2,1-2H3,(H,15,17)(H,16,18). The normalized spacial score (nSPS) is 10.6. The molecule has 0 fully saturated rings. The summed E-state index contributed by atoms with van der Waals surface area (Å²) in [4.78, 5) is 23.0. The lowest BCUT2D eigenvalue weighted by Gasteiger charge is -2.08. The zero-order valence-corrected chi connectivity index (χ0v) is 12.0. The largest absolute Gasteiger partial charge is 0.459 e. The third kappa shape index (κ3) is 6.94. The molecule has 0 unspecified atom stereocenters. The first-order valence-corrected chi connectivity index (χ1v) is 6.79. The minimum absolute atomic E-state index is 0.0886. The topological polar surface area (TPSA) is 80.6 Å². The van der Waals surface area contributed by atoms with Gasteiger partial charge in [-0.3, -0.25) is 9.59 Å². The fourth-order valence-corrected chi connectivity index (χ4v) is 1.49. The van der Waals surface area contributed by atoms with Crippen LogP contribution in [0.1, 0.15) is 37.2 Å². The lowest BCUT2D eigenvalue weighted by Crippen LogP contribution is -2.31. The Morgan fingerprint density at radius 3 is 2.75 bits per heavy atom. The van der Waals surface area contributed by atoms with Crippen molar-refractivity contribution < 1.29 is 18.7 Å². The summed E-state index contributed by atoms with van der Waals surface area (Å²) in [6, 6.07) is 3.21. The molecule has 0 aliphatic rings. The van der Waals surface area contributed by atoms with Crippen LogP contribution in [-0.4, -0.2) is 37.6 Å². The predicted molar refractivity (Wildman–Crippen MR) is 74.4 cm³/mol. The van der Waals surface area contributed by atoms with Gasteiger partial charge in [-0.25, -0.2) is 0 Å². The van der Waals surface area contributed by atoms with Crippen molar-refractivity contribution in [2.75, 3.05) is 19.7 Å². The Bertz CT molecular complexity index is 401. The molecule has 0 aliphatic carbocycles. The molecule has 1 aromatic rings. The second-order valence-corrected chi connectivity index (χ2v) is 4.61. The zero-order valence-electron chi connectivity index (χ0n) is 12.0. The van der Waals surface area contributed by atoms with Crippen molar-refractivity contribution in [3.8, 4) is 0 Å². The molecule has 0 saturated heterocycles.